The third-order valence-electron chi connectivity index (χ3n) is 5.86. The molecule has 4 rings (SSSR count). The minimum atomic E-state index is -0.401. The molecule has 0 radical (unpaired) electrons. The van der Waals surface area contributed by atoms with Crippen molar-refractivity contribution in [2.24, 2.45) is 0 Å². The van der Waals surface area contributed by atoms with Gasteiger partial charge in [0.15, 0.2) is 0 Å². The van der Waals surface area contributed by atoms with Crippen molar-refractivity contribution in [3.05, 3.63) is 77.4 Å². The zero-order chi connectivity index (χ0) is 23.4. The number of methoxy groups -OCH3 is 2. The second-order valence-electron chi connectivity index (χ2n) is 8.14. The summed E-state index contributed by atoms with van der Waals surface area (Å²) in [5, 5.41) is 2.77. The van der Waals surface area contributed by atoms with Gasteiger partial charge in [-0.1, -0.05) is 24.3 Å². The van der Waals surface area contributed by atoms with Gasteiger partial charge in [-0.15, -0.1) is 0 Å². The Balaban J connectivity index is 1.55. The quantitative estimate of drug-likeness (QED) is 0.560. The number of esters is 1. The molecular weight excluding hydrogens is 420 g/mol. The molecule has 33 heavy (non-hydrogen) atoms. The maximum Gasteiger partial charge on any atom is 0.323 e. The molecule has 0 saturated heterocycles. The van der Waals surface area contributed by atoms with Crippen molar-refractivity contribution in [1.82, 2.24) is 14.5 Å². The largest absolute Gasteiger partial charge is 0.497 e. The van der Waals surface area contributed by atoms with Crippen LogP contribution in [0.2, 0.25) is 0 Å². The summed E-state index contributed by atoms with van der Waals surface area (Å²) >= 11 is 0. The number of hydrogen-bond donors (Lipinski definition) is 1. The number of carbonyl (C=O) groups excluding carboxylic acids is 2. The number of rotatable bonds is 7. The number of fused-ring (bicyclic) bond motifs is 1. The monoisotopic (exact) mass is 448 g/mol. The first-order chi connectivity index (χ1) is 16.0. The van der Waals surface area contributed by atoms with Gasteiger partial charge in [-0.05, 0) is 35.4 Å². The average Bonchev–Trinajstić information content (AvgIpc) is 3.21. The number of nitrogens with zero attached hydrogens (tertiary/aromatic N) is 3. The lowest BCUT2D eigenvalue weighted by Gasteiger charge is -2.34. The van der Waals surface area contributed by atoms with Crippen LogP contribution in [-0.4, -0.2) is 46.6 Å². The van der Waals surface area contributed by atoms with E-state index in [-0.39, 0.29) is 11.9 Å². The third-order valence-corrected chi connectivity index (χ3v) is 5.86. The van der Waals surface area contributed by atoms with Crippen molar-refractivity contribution >= 4 is 17.6 Å². The fraction of sp³-hybridized carbons (Fsp3) is 0.320. The smallest absolute Gasteiger partial charge is 0.323 e. The summed E-state index contributed by atoms with van der Waals surface area (Å²) in [7, 11) is 3.07. The lowest BCUT2D eigenvalue weighted by Crippen LogP contribution is -2.46. The molecule has 0 bridgehead atoms. The number of anilines is 1. The van der Waals surface area contributed by atoms with Crippen molar-refractivity contribution in [1.29, 1.82) is 0 Å². The first-order valence-corrected chi connectivity index (χ1v) is 10.8. The van der Waals surface area contributed by atoms with Crippen LogP contribution in [0.5, 0.6) is 5.75 Å². The Kier molecular flexibility index (Phi) is 6.74. The molecule has 1 amide bonds. The Morgan fingerprint density at radius 2 is 1.70 bits per heavy atom. The van der Waals surface area contributed by atoms with Crippen LogP contribution in [0, 0.1) is 0 Å². The fourth-order valence-electron chi connectivity index (χ4n) is 4.15. The molecule has 2 heterocycles. The third kappa shape index (κ3) is 5.23. The molecule has 0 saturated carbocycles. The highest BCUT2D eigenvalue weighted by Crippen LogP contribution is 2.26. The topological polar surface area (TPSA) is 85.7 Å². The summed E-state index contributed by atoms with van der Waals surface area (Å²) in [6.45, 7) is 3.33. The zero-order valence-corrected chi connectivity index (χ0v) is 19.1. The molecular formula is C25H28N4O4. The van der Waals surface area contributed by atoms with Crippen LogP contribution in [0.25, 0.3) is 0 Å². The van der Waals surface area contributed by atoms with Gasteiger partial charge in [0.05, 0.1) is 31.9 Å². The second kappa shape index (κ2) is 9.87. The van der Waals surface area contributed by atoms with Gasteiger partial charge in [0.1, 0.15) is 11.8 Å². The van der Waals surface area contributed by atoms with E-state index in [1.54, 1.807) is 7.11 Å². The second-order valence-corrected chi connectivity index (χ2v) is 8.14. The van der Waals surface area contributed by atoms with Crippen molar-refractivity contribution in [3.8, 4) is 5.75 Å². The predicted octanol–water partition coefficient (Wildman–Crippen LogP) is 3.00. The fourth-order valence-corrected chi connectivity index (χ4v) is 4.15. The molecule has 0 unspecified atom stereocenters. The van der Waals surface area contributed by atoms with Crippen LogP contribution in [0.1, 0.15) is 29.4 Å². The number of amides is 1. The van der Waals surface area contributed by atoms with E-state index in [9.17, 15) is 9.59 Å². The van der Waals surface area contributed by atoms with Gasteiger partial charge in [-0.3, -0.25) is 14.5 Å². The van der Waals surface area contributed by atoms with Crippen LogP contribution in [-0.2, 0) is 40.4 Å². The molecule has 8 nitrogen and oxygen atoms in total. The van der Waals surface area contributed by atoms with Crippen LogP contribution in [0.3, 0.4) is 0 Å². The molecule has 2 aromatic carbocycles. The maximum atomic E-state index is 12.6. The molecule has 1 N–H and O–H groups in total. The van der Waals surface area contributed by atoms with Gasteiger partial charge in [-0.2, -0.15) is 0 Å². The molecule has 0 aliphatic carbocycles. The SMILES string of the molecule is COC(=O)[C@@H]1Cc2ncn(Cc3ccc(OC)cc3)c2CN1Cc1ccc(NC(C)=O)cc1. The van der Waals surface area contributed by atoms with Crippen LogP contribution < -0.4 is 10.1 Å². The highest BCUT2D eigenvalue weighted by Gasteiger charge is 2.34. The van der Waals surface area contributed by atoms with E-state index < -0.39 is 6.04 Å². The van der Waals surface area contributed by atoms with Gasteiger partial charge >= 0.3 is 5.97 Å². The van der Waals surface area contributed by atoms with E-state index in [4.69, 9.17) is 9.47 Å². The minimum Gasteiger partial charge on any atom is -0.497 e. The predicted molar refractivity (Wildman–Crippen MR) is 124 cm³/mol. The van der Waals surface area contributed by atoms with Gasteiger partial charge in [0, 0.05) is 38.7 Å². The summed E-state index contributed by atoms with van der Waals surface area (Å²) in [5.41, 5.74) is 4.96. The summed E-state index contributed by atoms with van der Waals surface area (Å²) in [4.78, 5) is 30.5. The molecule has 1 atom stereocenters. The Morgan fingerprint density at radius 1 is 1.03 bits per heavy atom. The molecule has 0 fully saturated rings. The van der Waals surface area contributed by atoms with E-state index in [1.165, 1.54) is 14.0 Å². The summed E-state index contributed by atoms with van der Waals surface area (Å²) < 4.78 is 12.5. The van der Waals surface area contributed by atoms with E-state index in [0.717, 1.165) is 34.0 Å². The van der Waals surface area contributed by atoms with Gasteiger partial charge < -0.3 is 19.4 Å². The van der Waals surface area contributed by atoms with Crippen molar-refractivity contribution in [2.45, 2.75) is 39.0 Å². The van der Waals surface area contributed by atoms with E-state index in [1.807, 2.05) is 54.9 Å². The summed E-state index contributed by atoms with van der Waals surface area (Å²) in [5.74, 6) is 0.449. The number of imidazole rings is 1. The average molecular weight is 449 g/mol. The number of nitrogens with one attached hydrogen (secondary N) is 1. The summed E-state index contributed by atoms with van der Waals surface area (Å²) in [6.07, 6.45) is 2.34. The number of carbonyl (C=O) groups is 2. The van der Waals surface area contributed by atoms with Gasteiger partial charge in [0.25, 0.3) is 0 Å². The standard InChI is InChI=1S/C25H28N4O4/c1-17(30)27-20-8-4-18(5-9-20)13-28-15-24-22(12-23(28)25(31)33-3)26-16-29(24)14-19-6-10-21(32-2)11-7-19/h4-11,16,23H,12-15H2,1-3H3,(H,27,30)/t23-/m0/s1. The van der Waals surface area contributed by atoms with E-state index in [0.29, 0.717) is 26.1 Å². The van der Waals surface area contributed by atoms with Crippen LogP contribution >= 0.6 is 0 Å². The highest BCUT2D eigenvalue weighted by molar-refractivity contribution is 5.88. The van der Waals surface area contributed by atoms with Crippen molar-refractivity contribution < 1.29 is 19.1 Å². The molecule has 1 aromatic heterocycles. The van der Waals surface area contributed by atoms with E-state index in [2.05, 4.69) is 19.8 Å². The van der Waals surface area contributed by atoms with Gasteiger partial charge in [-0.25, -0.2) is 4.98 Å². The number of hydrogen-bond acceptors (Lipinski definition) is 6. The number of ether oxygens (including phenoxy) is 2. The number of benzene rings is 2. The van der Waals surface area contributed by atoms with E-state index >= 15 is 0 Å². The lowest BCUT2D eigenvalue weighted by atomic mass is 10.0. The Bertz CT molecular complexity index is 1120. The Labute approximate surface area is 193 Å². The molecule has 3 aromatic rings. The highest BCUT2D eigenvalue weighted by atomic mass is 16.5. The zero-order valence-electron chi connectivity index (χ0n) is 19.1. The first kappa shape index (κ1) is 22.5. The molecule has 1 aliphatic heterocycles. The van der Waals surface area contributed by atoms with Crippen LogP contribution in [0.4, 0.5) is 5.69 Å². The molecule has 0 spiro atoms. The van der Waals surface area contributed by atoms with Crippen molar-refractivity contribution in [2.75, 3.05) is 19.5 Å². The Hall–Kier alpha value is -3.65. The van der Waals surface area contributed by atoms with Crippen molar-refractivity contribution in [3.63, 3.8) is 0 Å². The maximum absolute atomic E-state index is 12.6. The number of aromatic nitrogens is 2. The molecule has 172 valence electrons. The lowest BCUT2D eigenvalue weighted by molar-refractivity contribution is -0.148. The normalized spacial score (nSPS) is 15.5. The molecule has 1 aliphatic rings. The van der Waals surface area contributed by atoms with Crippen LogP contribution in [0.15, 0.2) is 54.9 Å². The van der Waals surface area contributed by atoms with Gasteiger partial charge in [0.2, 0.25) is 5.91 Å². The molecule has 8 heteroatoms. The Morgan fingerprint density at radius 3 is 2.33 bits per heavy atom. The summed E-state index contributed by atoms with van der Waals surface area (Å²) in [6, 6.07) is 15.2. The first-order valence-electron chi connectivity index (χ1n) is 10.8. The minimum absolute atomic E-state index is 0.109.